The van der Waals surface area contributed by atoms with Crippen LogP contribution >= 0.6 is 0 Å². The van der Waals surface area contributed by atoms with Crippen LogP contribution < -0.4 is 16.0 Å². The molecule has 0 bridgehead atoms. The number of carbonyl (C=O) groups excluding carboxylic acids is 2. The summed E-state index contributed by atoms with van der Waals surface area (Å²) in [5.74, 6) is -0.866. The van der Waals surface area contributed by atoms with Crippen molar-refractivity contribution in [1.29, 1.82) is 0 Å². The number of carbonyl (C=O) groups is 2. The Morgan fingerprint density at radius 3 is 1.75 bits per heavy atom. The number of ether oxygens (including phenoxy) is 1. The fourth-order valence-corrected chi connectivity index (χ4v) is 2.27. The van der Waals surface area contributed by atoms with Gasteiger partial charge in [-0.25, -0.2) is 0 Å². The van der Waals surface area contributed by atoms with Crippen LogP contribution in [0.2, 0.25) is 0 Å². The summed E-state index contributed by atoms with van der Waals surface area (Å²) >= 11 is 0. The van der Waals surface area contributed by atoms with Gasteiger partial charge in [-0.3, -0.25) is 9.59 Å². The Hall–Kier alpha value is -3.28. The molecule has 0 atom stereocenters. The van der Waals surface area contributed by atoms with Crippen molar-refractivity contribution in [3.63, 3.8) is 0 Å². The molecule has 0 saturated carbocycles. The molecule has 3 rings (SSSR count). The van der Waals surface area contributed by atoms with E-state index in [2.05, 4.69) is 16.0 Å². The molecule has 6 heteroatoms. The standard InChI is InChI=1S/C18H17N3O3/c22-16(20-13-7-3-1-4-8-13)15(18-19-11-12-24-18)17(23)21-14-9-5-2-6-10-14/h1-10,19H,11-12H2,(H,20,22)(H,21,23). The summed E-state index contributed by atoms with van der Waals surface area (Å²) in [6, 6.07) is 17.9. The van der Waals surface area contributed by atoms with E-state index in [-0.39, 0.29) is 11.5 Å². The van der Waals surface area contributed by atoms with Crippen LogP contribution in [0.25, 0.3) is 0 Å². The Balaban J connectivity index is 1.83. The van der Waals surface area contributed by atoms with Crippen LogP contribution in [-0.4, -0.2) is 25.0 Å². The predicted octanol–water partition coefficient (Wildman–Crippen LogP) is 2.10. The van der Waals surface area contributed by atoms with E-state index < -0.39 is 11.8 Å². The molecule has 24 heavy (non-hydrogen) atoms. The molecule has 1 fully saturated rings. The zero-order valence-corrected chi connectivity index (χ0v) is 12.9. The largest absolute Gasteiger partial charge is 0.477 e. The number of hydrogen-bond donors (Lipinski definition) is 3. The summed E-state index contributed by atoms with van der Waals surface area (Å²) in [7, 11) is 0. The van der Waals surface area contributed by atoms with Gasteiger partial charge in [0.2, 0.25) is 5.88 Å². The highest BCUT2D eigenvalue weighted by Crippen LogP contribution is 2.15. The quantitative estimate of drug-likeness (QED) is 0.457. The molecule has 1 aliphatic heterocycles. The number of amides is 2. The second kappa shape index (κ2) is 7.32. The van der Waals surface area contributed by atoms with Gasteiger partial charge in [-0.1, -0.05) is 36.4 Å². The highest BCUT2D eigenvalue weighted by Gasteiger charge is 2.27. The smallest absolute Gasteiger partial charge is 0.266 e. The van der Waals surface area contributed by atoms with Crippen LogP contribution in [-0.2, 0) is 14.3 Å². The molecule has 0 aliphatic carbocycles. The molecule has 0 spiro atoms. The number of hydrogen-bond acceptors (Lipinski definition) is 4. The maximum atomic E-state index is 12.6. The van der Waals surface area contributed by atoms with Gasteiger partial charge in [-0.2, -0.15) is 0 Å². The number of benzene rings is 2. The summed E-state index contributed by atoms with van der Waals surface area (Å²) in [4.78, 5) is 25.2. The summed E-state index contributed by atoms with van der Waals surface area (Å²) < 4.78 is 5.38. The summed E-state index contributed by atoms with van der Waals surface area (Å²) in [5, 5.41) is 8.34. The first kappa shape index (κ1) is 15.6. The average molecular weight is 323 g/mol. The van der Waals surface area contributed by atoms with Crippen molar-refractivity contribution in [2.75, 3.05) is 23.8 Å². The molecule has 2 aromatic rings. The van der Waals surface area contributed by atoms with Crippen molar-refractivity contribution in [3.8, 4) is 0 Å². The fraction of sp³-hybridized carbons (Fsp3) is 0.111. The van der Waals surface area contributed by atoms with Crippen LogP contribution in [0.1, 0.15) is 0 Å². The Labute approximate surface area is 139 Å². The first-order valence-electron chi connectivity index (χ1n) is 7.58. The first-order valence-corrected chi connectivity index (χ1v) is 7.58. The zero-order valence-electron chi connectivity index (χ0n) is 12.9. The third kappa shape index (κ3) is 3.73. The fourth-order valence-electron chi connectivity index (χ4n) is 2.27. The van der Waals surface area contributed by atoms with E-state index >= 15 is 0 Å². The molecule has 0 radical (unpaired) electrons. The Bertz CT molecular complexity index is 694. The lowest BCUT2D eigenvalue weighted by molar-refractivity contribution is -0.118. The number of nitrogens with one attached hydrogen (secondary N) is 3. The Morgan fingerprint density at radius 2 is 1.33 bits per heavy atom. The lowest BCUT2D eigenvalue weighted by atomic mass is 10.2. The molecular weight excluding hydrogens is 306 g/mol. The second-order valence-electron chi connectivity index (χ2n) is 5.12. The minimum Gasteiger partial charge on any atom is -0.477 e. The van der Waals surface area contributed by atoms with E-state index in [0.717, 1.165) is 0 Å². The lowest BCUT2D eigenvalue weighted by Crippen LogP contribution is -2.29. The molecule has 3 N–H and O–H groups in total. The average Bonchev–Trinajstić information content (AvgIpc) is 3.11. The normalized spacial score (nSPS) is 12.8. The van der Waals surface area contributed by atoms with E-state index in [1.807, 2.05) is 12.1 Å². The van der Waals surface area contributed by atoms with Crippen LogP contribution in [0.3, 0.4) is 0 Å². The monoisotopic (exact) mass is 323 g/mol. The van der Waals surface area contributed by atoms with Crippen LogP contribution in [0.4, 0.5) is 11.4 Å². The first-order chi connectivity index (χ1) is 11.7. The van der Waals surface area contributed by atoms with Gasteiger partial charge in [0.15, 0.2) is 5.57 Å². The molecule has 6 nitrogen and oxygen atoms in total. The van der Waals surface area contributed by atoms with Crippen molar-refractivity contribution in [2.24, 2.45) is 0 Å². The van der Waals surface area contributed by atoms with Crippen molar-refractivity contribution in [2.45, 2.75) is 0 Å². The summed E-state index contributed by atoms with van der Waals surface area (Å²) in [6.07, 6.45) is 0. The van der Waals surface area contributed by atoms with Gasteiger partial charge in [0.1, 0.15) is 6.61 Å². The van der Waals surface area contributed by atoms with Gasteiger partial charge in [-0.15, -0.1) is 0 Å². The van der Waals surface area contributed by atoms with Crippen molar-refractivity contribution >= 4 is 23.2 Å². The number of para-hydroxylation sites is 2. The Morgan fingerprint density at radius 1 is 0.833 bits per heavy atom. The maximum Gasteiger partial charge on any atom is 0.266 e. The molecule has 1 saturated heterocycles. The van der Waals surface area contributed by atoms with Crippen LogP contribution in [0.15, 0.2) is 72.1 Å². The minimum absolute atomic E-state index is 0.0831. The van der Waals surface area contributed by atoms with Gasteiger partial charge in [0.25, 0.3) is 11.8 Å². The maximum absolute atomic E-state index is 12.6. The molecule has 2 amide bonds. The highest BCUT2D eigenvalue weighted by molar-refractivity contribution is 6.26. The van der Waals surface area contributed by atoms with Crippen LogP contribution in [0, 0.1) is 0 Å². The zero-order chi connectivity index (χ0) is 16.8. The lowest BCUT2D eigenvalue weighted by Gasteiger charge is -2.12. The van der Waals surface area contributed by atoms with Crippen LogP contribution in [0.5, 0.6) is 0 Å². The molecule has 1 heterocycles. The topological polar surface area (TPSA) is 79.5 Å². The van der Waals surface area contributed by atoms with E-state index in [1.165, 1.54) is 0 Å². The van der Waals surface area contributed by atoms with Gasteiger partial charge in [0, 0.05) is 11.4 Å². The van der Waals surface area contributed by atoms with E-state index in [1.54, 1.807) is 48.5 Å². The van der Waals surface area contributed by atoms with Crippen molar-refractivity contribution in [3.05, 3.63) is 72.1 Å². The van der Waals surface area contributed by atoms with Gasteiger partial charge >= 0.3 is 0 Å². The van der Waals surface area contributed by atoms with Crippen molar-refractivity contribution in [1.82, 2.24) is 5.32 Å². The molecule has 1 aliphatic rings. The second-order valence-corrected chi connectivity index (χ2v) is 5.12. The summed E-state index contributed by atoms with van der Waals surface area (Å²) in [5.41, 5.74) is 1.12. The highest BCUT2D eigenvalue weighted by atomic mass is 16.5. The van der Waals surface area contributed by atoms with Gasteiger partial charge in [-0.05, 0) is 24.3 Å². The Kier molecular flexibility index (Phi) is 4.76. The van der Waals surface area contributed by atoms with Crippen molar-refractivity contribution < 1.29 is 14.3 Å². The SMILES string of the molecule is O=C(Nc1ccccc1)C(C(=O)Nc1ccccc1)=C1NCCO1. The van der Waals surface area contributed by atoms with E-state index in [9.17, 15) is 9.59 Å². The van der Waals surface area contributed by atoms with E-state index in [4.69, 9.17) is 4.74 Å². The molecule has 122 valence electrons. The van der Waals surface area contributed by atoms with Gasteiger partial charge in [0.05, 0.1) is 6.54 Å². The predicted molar refractivity (Wildman–Crippen MR) is 91.1 cm³/mol. The summed E-state index contributed by atoms with van der Waals surface area (Å²) in [6.45, 7) is 0.964. The third-order valence-corrected chi connectivity index (χ3v) is 3.38. The molecule has 2 aromatic carbocycles. The van der Waals surface area contributed by atoms with E-state index in [0.29, 0.717) is 24.5 Å². The number of anilines is 2. The third-order valence-electron chi connectivity index (χ3n) is 3.38. The molecule has 0 unspecified atom stereocenters. The molecule has 0 aromatic heterocycles. The number of rotatable bonds is 4. The molecular formula is C18H17N3O3. The van der Waals surface area contributed by atoms with Gasteiger partial charge < -0.3 is 20.7 Å². The minimum atomic E-state index is -0.529.